The second kappa shape index (κ2) is 8.51. The van der Waals surface area contributed by atoms with Crippen molar-refractivity contribution >= 4 is 34.5 Å². The molecule has 0 unspecified atom stereocenters. The van der Waals surface area contributed by atoms with Crippen molar-refractivity contribution in [1.82, 2.24) is 4.98 Å². The number of aryl methyl sites for hydroxylation is 2. The standard InChI is InChI=1S/C24H25N3O3S/c1-14(2)18-7-5-6-15(3)24(18)26-22(28)11-27-20-10-17(19-13-31-16(4)25-19)8-9-21(20)30-12-23(27)29/h5-10,13-14H,11-12H2,1-4H3,(H,26,28). The third-order valence-electron chi connectivity index (χ3n) is 5.31. The highest BCUT2D eigenvalue weighted by atomic mass is 32.1. The number of amides is 2. The van der Waals surface area contributed by atoms with Crippen LogP contribution in [0.2, 0.25) is 0 Å². The molecule has 2 aromatic carbocycles. The number of nitrogens with zero attached hydrogens (tertiary/aromatic N) is 2. The highest BCUT2D eigenvalue weighted by Crippen LogP contribution is 2.36. The first kappa shape index (κ1) is 21.1. The minimum atomic E-state index is -0.247. The van der Waals surface area contributed by atoms with Crippen molar-refractivity contribution < 1.29 is 14.3 Å². The molecule has 7 heteroatoms. The topological polar surface area (TPSA) is 71.5 Å². The number of aromatic nitrogens is 1. The third kappa shape index (κ3) is 4.32. The minimum Gasteiger partial charge on any atom is -0.482 e. The van der Waals surface area contributed by atoms with Gasteiger partial charge in [0.05, 0.1) is 16.4 Å². The average Bonchev–Trinajstić information content (AvgIpc) is 3.17. The lowest BCUT2D eigenvalue weighted by molar-refractivity contribution is -0.123. The van der Waals surface area contributed by atoms with E-state index in [4.69, 9.17) is 4.74 Å². The fourth-order valence-corrected chi connectivity index (χ4v) is 4.32. The summed E-state index contributed by atoms with van der Waals surface area (Å²) in [5.74, 6) is 0.363. The van der Waals surface area contributed by atoms with Crippen molar-refractivity contribution in [2.24, 2.45) is 0 Å². The zero-order chi connectivity index (χ0) is 22.1. The summed E-state index contributed by atoms with van der Waals surface area (Å²) < 4.78 is 5.59. The molecule has 0 saturated heterocycles. The molecule has 2 amide bonds. The van der Waals surface area contributed by atoms with Crippen molar-refractivity contribution in [3.05, 3.63) is 57.9 Å². The zero-order valence-corrected chi connectivity index (χ0v) is 18.9. The quantitative estimate of drug-likeness (QED) is 0.618. The van der Waals surface area contributed by atoms with E-state index >= 15 is 0 Å². The van der Waals surface area contributed by atoms with Crippen LogP contribution in [0, 0.1) is 13.8 Å². The lowest BCUT2D eigenvalue weighted by Crippen LogP contribution is -2.43. The van der Waals surface area contributed by atoms with Crippen molar-refractivity contribution in [3.63, 3.8) is 0 Å². The Labute approximate surface area is 185 Å². The van der Waals surface area contributed by atoms with E-state index in [0.29, 0.717) is 11.4 Å². The van der Waals surface area contributed by atoms with Crippen LogP contribution >= 0.6 is 11.3 Å². The first-order chi connectivity index (χ1) is 14.8. The van der Waals surface area contributed by atoms with Crippen molar-refractivity contribution in [1.29, 1.82) is 0 Å². The molecule has 0 atom stereocenters. The zero-order valence-electron chi connectivity index (χ0n) is 18.1. The van der Waals surface area contributed by atoms with Crippen LogP contribution in [-0.4, -0.2) is 29.9 Å². The van der Waals surface area contributed by atoms with E-state index in [1.807, 2.05) is 55.6 Å². The molecule has 31 heavy (non-hydrogen) atoms. The first-order valence-electron chi connectivity index (χ1n) is 10.2. The van der Waals surface area contributed by atoms with Crippen LogP contribution < -0.4 is 15.0 Å². The van der Waals surface area contributed by atoms with Gasteiger partial charge in [0.15, 0.2) is 6.61 Å². The van der Waals surface area contributed by atoms with Gasteiger partial charge >= 0.3 is 0 Å². The Morgan fingerprint density at radius 3 is 2.77 bits per heavy atom. The predicted octanol–water partition coefficient (Wildman–Crippen LogP) is 4.91. The second-order valence-electron chi connectivity index (χ2n) is 7.94. The molecule has 3 aromatic rings. The van der Waals surface area contributed by atoms with E-state index in [9.17, 15) is 9.59 Å². The SMILES string of the molecule is Cc1nc(-c2ccc3c(c2)N(CC(=O)Nc2c(C)cccc2C(C)C)C(=O)CO3)cs1. The summed E-state index contributed by atoms with van der Waals surface area (Å²) in [6, 6.07) is 11.6. The molecule has 160 valence electrons. The number of fused-ring (bicyclic) bond motifs is 1. The summed E-state index contributed by atoms with van der Waals surface area (Å²) in [7, 11) is 0. The Bertz CT molecular complexity index is 1150. The van der Waals surface area contributed by atoms with Gasteiger partial charge in [0.25, 0.3) is 5.91 Å². The lowest BCUT2D eigenvalue weighted by Gasteiger charge is -2.29. The number of ether oxygens (including phenoxy) is 1. The minimum absolute atomic E-state index is 0.0827. The van der Waals surface area contributed by atoms with E-state index in [-0.39, 0.29) is 30.9 Å². The number of thiazole rings is 1. The predicted molar refractivity (Wildman–Crippen MR) is 124 cm³/mol. The summed E-state index contributed by atoms with van der Waals surface area (Å²) in [5, 5.41) is 5.97. The Hall–Kier alpha value is -3.19. The second-order valence-corrected chi connectivity index (χ2v) is 9.01. The Morgan fingerprint density at radius 1 is 1.26 bits per heavy atom. The summed E-state index contributed by atoms with van der Waals surface area (Å²) in [5.41, 5.74) is 5.19. The van der Waals surface area contributed by atoms with E-state index in [0.717, 1.165) is 33.1 Å². The molecule has 1 aromatic heterocycles. The Kier molecular flexibility index (Phi) is 5.78. The maximum Gasteiger partial charge on any atom is 0.265 e. The van der Waals surface area contributed by atoms with Gasteiger partial charge in [0, 0.05) is 16.6 Å². The van der Waals surface area contributed by atoms with Gasteiger partial charge in [-0.25, -0.2) is 4.98 Å². The highest BCUT2D eigenvalue weighted by molar-refractivity contribution is 7.09. The van der Waals surface area contributed by atoms with Crippen LogP contribution in [0.5, 0.6) is 5.75 Å². The van der Waals surface area contributed by atoms with Gasteiger partial charge < -0.3 is 10.1 Å². The van der Waals surface area contributed by atoms with E-state index in [1.165, 1.54) is 4.90 Å². The van der Waals surface area contributed by atoms with Crippen LogP contribution in [0.1, 0.15) is 35.9 Å². The van der Waals surface area contributed by atoms with Gasteiger partial charge in [0.2, 0.25) is 5.91 Å². The normalized spacial score (nSPS) is 13.2. The van der Waals surface area contributed by atoms with Crippen molar-refractivity contribution in [2.45, 2.75) is 33.6 Å². The number of hydrogen-bond donors (Lipinski definition) is 1. The molecule has 1 aliphatic rings. The largest absolute Gasteiger partial charge is 0.482 e. The fraction of sp³-hybridized carbons (Fsp3) is 0.292. The number of carbonyl (C=O) groups excluding carboxylic acids is 2. The maximum absolute atomic E-state index is 13.0. The van der Waals surface area contributed by atoms with Crippen molar-refractivity contribution in [3.8, 4) is 17.0 Å². The van der Waals surface area contributed by atoms with Gasteiger partial charge in [-0.2, -0.15) is 0 Å². The Morgan fingerprint density at radius 2 is 2.06 bits per heavy atom. The number of nitrogens with one attached hydrogen (secondary N) is 1. The molecule has 0 spiro atoms. The summed E-state index contributed by atoms with van der Waals surface area (Å²) in [6.07, 6.45) is 0. The molecule has 0 aliphatic carbocycles. The van der Waals surface area contributed by atoms with Crippen LogP contribution in [0.4, 0.5) is 11.4 Å². The van der Waals surface area contributed by atoms with Crippen LogP contribution in [0.15, 0.2) is 41.8 Å². The number of carbonyl (C=O) groups is 2. The van der Waals surface area contributed by atoms with Crippen LogP contribution in [0.25, 0.3) is 11.3 Å². The monoisotopic (exact) mass is 435 g/mol. The van der Waals surface area contributed by atoms with Gasteiger partial charge in [0.1, 0.15) is 12.3 Å². The molecule has 1 N–H and O–H groups in total. The molecule has 6 nitrogen and oxygen atoms in total. The molecular weight excluding hydrogens is 410 g/mol. The van der Waals surface area contributed by atoms with Gasteiger partial charge in [-0.05, 0) is 49.1 Å². The summed E-state index contributed by atoms with van der Waals surface area (Å²) in [6.45, 7) is 7.94. The Balaban J connectivity index is 1.61. The average molecular weight is 436 g/mol. The van der Waals surface area contributed by atoms with Crippen LogP contribution in [0.3, 0.4) is 0 Å². The smallest absolute Gasteiger partial charge is 0.265 e. The number of rotatable bonds is 5. The van der Waals surface area contributed by atoms with E-state index in [1.54, 1.807) is 11.3 Å². The number of anilines is 2. The van der Waals surface area contributed by atoms with Gasteiger partial charge in [-0.15, -0.1) is 11.3 Å². The van der Waals surface area contributed by atoms with E-state index in [2.05, 4.69) is 24.1 Å². The summed E-state index contributed by atoms with van der Waals surface area (Å²) in [4.78, 5) is 31.6. The number of hydrogen-bond acceptors (Lipinski definition) is 5. The molecule has 2 heterocycles. The van der Waals surface area contributed by atoms with Crippen LogP contribution in [-0.2, 0) is 9.59 Å². The molecule has 4 rings (SSSR count). The molecular formula is C24H25N3O3S. The number of para-hydroxylation sites is 1. The first-order valence-corrected chi connectivity index (χ1v) is 11.1. The van der Waals surface area contributed by atoms with E-state index < -0.39 is 0 Å². The fourth-order valence-electron chi connectivity index (χ4n) is 3.70. The molecule has 0 bridgehead atoms. The molecule has 0 fully saturated rings. The van der Waals surface area contributed by atoms with Crippen molar-refractivity contribution in [2.75, 3.05) is 23.4 Å². The molecule has 0 saturated carbocycles. The highest BCUT2D eigenvalue weighted by Gasteiger charge is 2.28. The number of benzene rings is 2. The molecule has 1 aliphatic heterocycles. The van der Waals surface area contributed by atoms with Gasteiger partial charge in [-0.3, -0.25) is 14.5 Å². The third-order valence-corrected chi connectivity index (χ3v) is 6.08. The summed E-state index contributed by atoms with van der Waals surface area (Å²) >= 11 is 1.57. The van der Waals surface area contributed by atoms with Gasteiger partial charge in [-0.1, -0.05) is 32.0 Å². The molecule has 0 radical (unpaired) electrons. The lowest BCUT2D eigenvalue weighted by atomic mass is 9.98. The maximum atomic E-state index is 13.0.